The number of rotatable bonds is 1. The molecule has 0 spiro atoms. The molecule has 128 valence electrons. The molecule has 0 unspecified atom stereocenters. The summed E-state index contributed by atoms with van der Waals surface area (Å²) >= 11 is 8.40. The van der Waals surface area contributed by atoms with Crippen LogP contribution in [0.4, 0.5) is 5.69 Å². The Bertz CT molecular complexity index is 980. The van der Waals surface area contributed by atoms with Crippen LogP contribution in [0.2, 0.25) is 5.02 Å². The van der Waals surface area contributed by atoms with Crippen LogP contribution in [0.25, 0.3) is 20.8 Å². The topological polar surface area (TPSA) is 19.1 Å². The zero-order valence-corrected chi connectivity index (χ0v) is 15.7. The van der Waals surface area contributed by atoms with Crippen LogP contribution < -0.4 is 14.8 Å². The van der Waals surface area contributed by atoms with Gasteiger partial charge in [-0.25, -0.2) is 9.56 Å². The van der Waals surface area contributed by atoms with Crippen molar-refractivity contribution in [2.24, 2.45) is 0 Å². The number of benzene rings is 2. The van der Waals surface area contributed by atoms with E-state index in [9.17, 15) is 0 Å². The Morgan fingerprint density at radius 3 is 2.60 bits per heavy atom. The minimum atomic E-state index is 0.765. The van der Waals surface area contributed by atoms with Crippen LogP contribution in [0.15, 0.2) is 30.3 Å². The highest BCUT2D eigenvalue weighted by Gasteiger charge is 2.18. The van der Waals surface area contributed by atoms with Crippen molar-refractivity contribution in [2.75, 3.05) is 31.1 Å². The van der Waals surface area contributed by atoms with Crippen LogP contribution in [-0.4, -0.2) is 31.2 Å². The first-order chi connectivity index (χ1) is 12.3. The first-order valence-corrected chi connectivity index (χ1v) is 10.3. The van der Waals surface area contributed by atoms with Gasteiger partial charge in [-0.1, -0.05) is 11.6 Å². The molecule has 0 bridgehead atoms. The lowest BCUT2D eigenvalue weighted by molar-refractivity contribution is 0.694. The van der Waals surface area contributed by atoms with Crippen molar-refractivity contribution < 1.29 is 0 Å². The number of hydrogen-bond acceptors (Lipinski definition) is 3. The van der Waals surface area contributed by atoms with Crippen molar-refractivity contribution in [3.8, 4) is 10.6 Å². The van der Waals surface area contributed by atoms with Gasteiger partial charge in [-0.3, -0.25) is 0 Å². The van der Waals surface area contributed by atoms with Gasteiger partial charge in [0.1, 0.15) is 13.1 Å². The average molecular weight is 371 g/mol. The third-order valence-electron chi connectivity index (χ3n) is 5.35. The van der Waals surface area contributed by atoms with Crippen LogP contribution in [0.1, 0.15) is 25.7 Å². The van der Waals surface area contributed by atoms with Crippen molar-refractivity contribution in [3.05, 3.63) is 40.7 Å². The van der Waals surface area contributed by atoms with Crippen LogP contribution in [0.3, 0.4) is 0 Å². The Morgan fingerprint density at radius 2 is 1.80 bits per heavy atom. The molecule has 0 atom stereocenters. The lowest BCUT2D eigenvalue weighted by atomic mass is 10.2. The molecule has 5 rings (SSSR count). The van der Waals surface area contributed by atoms with Crippen molar-refractivity contribution >= 4 is 38.8 Å². The van der Waals surface area contributed by atoms with E-state index >= 15 is 0 Å². The molecule has 1 aliphatic carbocycles. The fourth-order valence-corrected chi connectivity index (χ4v) is 5.37. The Labute approximate surface area is 156 Å². The molecule has 25 heavy (non-hydrogen) atoms. The van der Waals surface area contributed by atoms with E-state index in [4.69, 9.17) is 16.6 Å². The maximum Gasteiger partial charge on any atom is 0.201 e. The van der Waals surface area contributed by atoms with Gasteiger partial charge in [-0.15, -0.1) is 11.3 Å². The molecule has 3 aliphatic heterocycles. The number of anilines is 1. The molecule has 1 aromatic rings. The minimum absolute atomic E-state index is 0.765. The number of aromatic nitrogens is 1. The Kier molecular flexibility index (Phi) is 3.90. The van der Waals surface area contributed by atoms with Gasteiger partial charge in [0, 0.05) is 43.8 Å². The summed E-state index contributed by atoms with van der Waals surface area (Å²) < 4.78 is 3.66. The van der Waals surface area contributed by atoms with E-state index < -0.39 is 0 Å². The van der Waals surface area contributed by atoms with Crippen molar-refractivity contribution in [2.45, 2.75) is 25.7 Å². The zero-order valence-electron chi connectivity index (χ0n) is 14.2. The number of nitrogens with zero attached hydrogens (tertiary/aromatic N) is 3. The summed E-state index contributed by atoms with van der Waals surface area (Å²) in [6.45, 7) is 4.60. The molecule has 0 aromatic heterocycles. The van der Waals surface area contributed by atoms with E-state index in [1.165, 1.54) is 59.4 Å². The lowest BCUT2D eigenvalue weighted by Crippen LogP contribution is -2.26. The SMILES string of the molecule is Clc1cc(N2CCCC2)cc2sc3cc(=[N+]4CCCC4)ccc-3nc12. The molecule has 2 fully saturated rings. The molecule has 2 saturated heterocycles. The first-order valence-electron chi connectivity index (χ1n) is 9.15. The molecule has 0 N–H and O–H groups in total. The molecule has 0 saturated carbocycles. The third-order valence-corrected chi connectivity index (χ3v) is 6.72. The summed E-state index contributed by atoms with van der Waals surface area (Å²) in [5, 5.41) is 2.09. The van der Waals surface area contributed by atoms with Crippen LogP contribution >= 0.6 is 22.9 Å². The fourth-order valence-electron chi connectivity index (χ4n) is 3.99. The third kappa shape index (κ3) is 2.81. The summed E-state index contributed by atoms with van der Waals surface area (Å²) in [6, 6.07) is 11.0. The quantitative estimate of drug-likeness (QED) is 0.472. The second kappa shape index (κ2) is 6.26. The van der Waals surface area contributed by atoms with Gasteiger partial charge in [0.15, 0.2) is 0 Å². The number of halogens is 1. The summed E-state index contributed by atoms with van der Waals surface area (Å²) in [5.41, 5.74) is 3.20. The fraction of sp³-hybridized carbons (Fsp3) is 0.400. The predicted octanol–water partition coefficient (Wildman–Crippen LogP) is 4.22. The van der Waals surface area contributed by atoms with Gasteiger partial charge >= 0.3 is 0 Å². The van der Waals surface area contributed by atoms with Crippen molar-refractivity contribution in [1.29, 1.82) is 0 Å². The highest BCUT2D eigenvalue weighted by atomic mass is 35.5. The second-order valence-corrected chi connectivity index (χ2v) is 8.52. The summed E-state index contributed by atoms with van der Waals surface area (Å²) in [5.74, 6) is 0. The van der Waals surface area contributed by atoms with Crippen molar-refractivity contribution in [1.82, 2.24) is 9.56 Å². The Hall–Kier alpha value is -1.65. The Morgan fingerprint density at radius 1 is 1.00 bits per heavy atom. The molecular formula is C20H21ClN3S+. The summed E-state index contributed by atoms with van der Waals surface area (Å²) in [4.78, 5) is 8.53. The molecule has 0 amide bonds. The summed E-state index contributed by atoms with van der Waals surface area (Å²) in [7, 11) is 0. The largest absolute Gasteiger partial charge is 0.371 e. The van der Waals surface area contributed by atoms with Crippen LogP contribution in [0, 0.1) is 0 Å². The van der Waals surface area contributed by atoms with Crippen LogP contribution in [0.5, 0.6) is 0 Å². The Balaban J connectivity index is 1.70. The van der Waals surface area contributed by atoms with E-state index in [0.717, 1.165) is 29.3 Å². The second-order valence-electron chi connectivity index (χ2n) is 7.03. The molecule has 3 nitrogen and oxygen atoms in total. The van der Waals surface area contributed by atoms with Gasteiger partial charge in [0.05, 0.1) is 25.8 Å². The molecular weight excluding hydrogens is 350 g/mol. The minimum Gasteiger partial charge on any atom is -0.371 e. The molecule has 1 aromatic carbocycles. The van der Waals surface area contributed by atoms with Gasteiger partial charge < -0.3 is 4.90 Å². The van der Waals surface area contributed by atoms with E-state index in [1.54, 1.807) is 0 Å². The predicted molar refractivity (Wildman–Crippen MR) is 107 cm³/mol. The average Bonchev–Trinajstić information content (AvgIpc) is 3.33. The summed E-state index contributed by atoms with van der Waals surface area (Å²) in [6.07, 6.45) is 5.14. The van der Waals surface area contributed by atoms with Crippen molar-refractivity contribution in [3.63, 3.8) is 0 Å². The van der Waals surface area contributed by atoms with E-state index in [0.29, 0.717) is 0 Å². The standard InChI is InChI=1S/C20H21ClN3S/c21-16-11-15(24-9-3-4-10-24)13-19-20(16)22-17-6-5-14(12-18(17)25-19)23-7-1-2-8-23/h5-6,11-13H,1-4,7-10H2/q+1. The van der Waals surface area contributed by atoms with Gasteiger partial charge in [-0.05, 0) is 31.0 Å². The van der Waals surface area contributed by atoms with E-state index in [-0.39, 0.29) is 0 Å². The van der Waals surface area contributed by atoms with Gasteiger partial charge in [0.2, 0.25) is 5.36 Å². The highest BCUT2D eigenvalue weighted by Crippen LogP contribution is 2.36. The number of fused-ring (bicyclic) bond motifs is 2. The molecule has 4 aliphatic rings. The number of hydrogen-bond donors (Lipinski definition) is 0. The molecule has 0 radical (unpaired) electrons. The normalized spacial score (nSPS) is 18.0. The van der Waals surface area contributed by atoms with E-state index in [1.807, 2.05) is 11.3 Å². The van der Waals surface area contributed by atoms with Gasteiger partial charge in [0.25, 0.3) is 0 Å². The molecule has 5 heteroatoms. The smallest absolute Gasteiger partial charge is 0.201 e. The van der Waals surface area contributed by atoms with Crippen LogP contribution in [-0.2, 0) is 0 Å². The molecule has 3 heterocycles. The van der Waals surface area contributed by atoms with Gasteiger partial charge in [-0.2, -0.15) is 0 Å². The lowest BCUT2D eigenvalue weighted by Gasteiger charge is -2.18. The monoisotopic (exact) mass is 370 g/mol. The first kappa shape index (κ1) is 15.6. The zero-order chi connectivity index (χ0) is 16.8. The highest BCUT2D eigenvalue weighted by molar-refractivity contribution is 7.21. The maximum atomic E-state index is 6.59. The van der Waals surface area contributed by atoms with E-state index in [2.05, 4.69) is 39.8 Å². The maximum absolute atomic E-state index is 6.59.